The molecule has 1 heterocycles. The van der Waals surface area contributed by atoms with Crippen molar-refractivity contribution in [2.24, 2.45) is 11.7 Å². The van der Waals surface area contributed by atoms with E-state index in [4.69, 9.17) is 10.5 Å². The van der Waals surface area contributed by atoms with Crippen LogP contribution in [0, 0.1) is 5.92 Å². The SMILES string of the molecule is CC(C)C(N)c1cccc2c1ccn2C(=O)OC(C)(C)C. The third kappa shape index (κ3) is 3.27. The van der Waals surface area contributed by atoms with E-state index in [0.717, 1.165) is 16.5 Å². The van der Waals surface area contributed by atoms with Crippen molar-refractivity contribution in [3.8, 4) is 0 Å². The number of carbonyl (C=O) groups excluding carboxylic acids is 1. The minimum absolute atomic E-state index is 0.0526. The fraction of sp³-hybridized carbons (Fsp3) is 0.471. The molecule has 1 unspecified atom stereocenters. The molecule has 2 rings (SSSR count). The van der Waals surface area contributed by atoms with Crippen molar-refractivity contribution in [3.63, 3.8) is 0 Å². The van der Waals surface area contributed by atoms with Gasteiger partial charge in [-0.2, -0.15) is 0 Å². The number of carbonyl (C=O) groups is 1. The zero-order valence-corrected chi connectivity index (χ0v) is 13.4. The molecule has 4 nitrogen and oxygen atoms in total. The Kier molecular flexibility index (Phi) is 4.10. The van der Waals surface area contributed by atoms with Crippen LogP contribution in [0.1, 0.15) is 46.2 Å². The summed E-state index contributed by atoms with van der Waals surface area (Å²) in [6.07, 6.45) is 1.38. The highest BCUT2D eigenvalue weighted by Crippen LogP contribution is 2.28. The van der Waals surface area contributed by atoms with Crippen molar-refractivity contribution in [1.29, 1.82) is 0 Å². The minimum Gasteiger partial charge on any atom is -0.443 e. The first kappa shape index (κ1) is 15.6. The van der Waals surface area contributed by atoms with E-state index in [1.807, 2.05) is 45.0 Å². The normalized spacial score (nSPS) is 13.7. The first-order chi connectivity index (χ1) is 9.70. The standard InChI is InChI=1S/C17H24N2O2/c1-11(2)15(18)13-7-6-8-14-12(13)9-10-19(14)16(20)21-17(3,4)5/h6-11,15H,18H2,1-5H3. The van der Waals surface area contributed by atoms with Crippen LogP contribution in [-0.2, 0) is 4.74 Å². The summed E-state index contributed by atoms with van der Waals surface area (Å²) in [5.74, 6) is 0.334. The Morgan fingerprint density at radius 2 is 1.90 bits per heavy atom. The maximum Gasteiger partial charge on any atom is 0.418 e. The van der Waals surface area contributed by atoms with Crippen LogP contribution >= 0.6 is 0 Å². The maximum atomic E-state index is 12.3. The fourth-order valence-electron chi connectivity index (χ4n) is 2.31. The second kappa shape index (κ2) is 5.53. The van der Waals surface area contributed by atoms with Gasteiger partial charge in [0.2, 0.25) is 0 Å². The highest BCUT2D eigenvalue weighted by molar-refractivity contribution is 5.91. The van der Waals surface area contributed by atoms with Crippen LogP contribution in [0.15, 0.2) is 30.5 Å². The third-order valence-corrected chi connectivity index (χ3v) is 3.43. The molecule has 0 aliphatic carbocycles. The molecule has 2 aromatic rings. The number of rotatable bonds is 2. The van der Waals surface area contributed by atoms with Crippen molar-refractivity contribution in [2.45, 2.75) is 46.3 Å². The molecule has 1 atom stereocenters. The summed E-state index contributed by atoms with van der Waals surface area (Å²) < 4.78 is 6.97. The van der Waals surface area contributed by atoms with E-state index in [2.05, 4.69) is 13.8 Å². The van der Waals surface area contributed by atoms with E-state index in [1.165, 1.54) is 4.57 Å². The Morgan fingerprint density at radius 1 is 1.24 bits per heavy atom. The smallest absolute Gasteiger partial charge is 0.418 e. The molecule has 2 N–H and O–H groups in total. The number of nitrogens with two attached hydrogens (primary N) is 1. The van der Waals surface area contributed by atoms with Gasteiger partial charge in [-0.15, -0.1) is 0 Å². The minimum atomic E-state index is -0.514. The molecule has 1 aromatic heterocycles. The molecule has 0 amide bonds. The van der Waals surface area contributed by atoms with Crippen molar-refractivity contribution < 1.29 is 9.53 Å². The molecule has 0 radical (unpaired) electrons. The van der Waals surface area contributed by atoms with Crippen molar-refractivity contribution in [1.82, 2.24) is 4.57 Å². The summed E-state index contributed by atoms with van der Waals surface area (Å²) in [6, 6.07) is 7.74. The fourth-order valence-corrected chi connectivity index (χ4v) is 2.31. The van der Waals surface area contributed by atoms with Crippen LogP contribution in [0.25, 0.3) is 10.9 Å². The molecule has 114 valence electrons. The average molecular weight is 288 g/mol. The maximum absolute atomic E-state index is 12.3. The number of hydrogen-bond donors (Lipinski definition) is 1. The van der Waals surface area contributed by atoms with E-state index in [9.17, 15) is 4.79 Å². The van der Waals surface area contributed by atoms with Crippen LogP contribution in [0.5, 0.6) is 0 Å². The molecule has 21 heavy (non-hydrogen) atoms. The lowest BCUT2D eigenvalue weighted by Crippen LogP contribution is -2.26. The highest BCUT2D eigenvalue weighted by atomic mass is 16.6. The molecule has 0 bridgehead atoms. The topological polar surface area (TPSA) is 57.2 Å². The third-order valence-electron chi connectivity index (χ3n) is 3.43. The van der Waals surface area contributed by atoms with Gasteiger partial charge < -0.3 is 10.5 Å². The Labute approximate surface area is 125 Å². The van der Waals surface area contributed by atoms with Crippen molar-refractivity contribution in [3.05, 3.63) is 36.0 Å². The van der Waals surface area contributed by atoms with Crippen LogP contribution in [-0.4, -0.2) is 16.3 Å². The van der Waals surface area contributed by atoms with Gasteiger partial charge in [0.15, 0.2) is 0 Å². The Balaban J connectivity index is 2.46. The van der Waals surface area contributed by atoms with E-state index in [0.29, 0.717) is 5.92 Å². The van der Waals surface area contributed by atoms with Gasteiger partial charge in [-0.25, -0.2) is 4.79 Å². The summed E-state index contributed by atoms with van der Waals surface area (Å²) in [6.45, 7) is 9.76. The number of aromatic nitrogens is 1. The van der Waals surface area contributed by atoms with Crippen LogP contribution in [0.2, 0.25) is 0 Å². The largest absolute Gasteiger partial charge is 0.443 e. The lowest BCUT2D eigenvalue weighted by molar-refractivity contribution is 0.0544. The summed E-state index contributed by atoms with van der Waals surface area (Å²) in [4.78, 5) is 12.3. The molecule has 0 aliphatic rings. The number of hydrogen-bond acceptors (Lipinski definition) is 3. The van der Waals surface area contributed by atoms with Gasteiger partial charge in [-0.05, 0) is 44.4 Å². The van der Waals surface area contributed by atoms with Gasteiger partial charge in [0.05, 0.1) is 5.52 Å². The molecule has 0 aliphatic heterocycles. The highest BCUT2D eigenvalue weighted by Gasteiger charge is 2.21. The summed E-state index contributed by atoms with van der Waals surface area (Å²) in [7, 11) is 0. The summed E-state index contributed by atoms with van der Waals surface area (Å²) >= 11 is 0. The van der Waals surface area contributed by atoms with Crippen LogP contribution < -0.4 is 5.73 Å². The summed E-state index contributed by atoms with van der Waals surface area (Å²) in [5, 5.41) is 1.00. The number of benzene rings is 1. The van der Waals surface area contributed by atoms with Crippen LogP contribution in [0.4, 0.5) is 4.79 Å². The van der Waals surface area contributed by atoms with Crippen molar-refractivity contribution >= 4 is 17.0 Å². The molecule has 0 saturated heterocycles. The lowest BCUT2D eigenvalue weighted by atomic mass is 9.94. The number of ether oxygens (including phenoxy) is 1. The molecule has 4 heteroatoms. The molecule has 0 saturated carbocycles. The number of nitrogens with zero attached hydrogens (tertiary/aromatic N) is 1. The molecular weight excluding hydrogens is 264 g/mol. The predicted molar refractivity (Wildman–Crippen MR) is 85.3 cm³/mol. The Bertz CT molecular complexity index is 650. The lowest BCUT2D eigenvalue weighted by Gasteiger charge is -2.20. The quantitative estimate of drug-likeness (QED) is 0.905. The summed E-state index contributed by atoms with van der Waals surface area (Å²) in [5.41, 5.74) is 7.64. The van der Waals surface area contributed by atoms with E-state index >= 15 is 0 Å². The predicted octanol–water partition coefficient (Wildman–Crippen LogP) is 4.08. The van der Waals surface area contributed by atoms with Gasteiger partial charge >= 0.3 is 6.09 Å². The van der Waals surface area contributed by atoms with Gasteiger partial charge in [0.1, 0.15) is 5.60 Å². The second-order valence-electron chi connectivity index (χ2n) is 6.72. The zero-order chi connectivity index (χ0) is 15.8. The monoisotopic (exact) mass is 288 g/mol. The second-order valence-corrected chi connectivity index (χ2v) is 6.72. The first-order valence-corrected chi connectivity index (χ1v) is 7.29. The molecular formula is C17H24N2O2. The van der Waals surface area contributed by atoms with E-state index < -0.39 is 5.60 Å². The first-order valence-electron chi connectivity index (χ1n) is 7.29. The zero-order valence-electron chi connectivity index (χ0n) is 13.4. The van der Waals surface area contributed by atoms with Gasteiger partial charge in [0, 0.05) is 17.6 Å². The Morgan fingerprint density at radius 3 is 2.48 bits per heavy atom. The molecule has 0 spiro atoms. The number of fused-ring (bicyclic) bond motifs is 1. The van der Waals surface area contributed by atoms with Gasteiger partial charge in [-0.1, -0.05) is 26.0 Å². The van der Waals surface area contributed by atoms with Crippen LogP contribution in [0.3, 0.4) is 0 Å². The van der Waals surface area contributed by atoms with Gasteiger partial charge in [-0.3, -0.25) is 4.57 Å². The average Bonchev–Trinajstić information content (AvgIpc) is 2.79. The van der Waals surface area contributed by atoms with Gasteiger partial charge in [0.25, 0.3) is 0 Å². The van der Waals surface area contributed by atoms with E-state index in [-0.39, 0.29) is 12.1 Å². The Hall–Kier alpha value is -1.81. The van der Waals surface area contributed by atoms with Crippen molar-refractivity contribution in [2.75, 3.05) is 0 Å². The molecule has 0 fully saturated rings. The van der Waals surface area contributed by atoms with E-state index in [1.54, 1.807) is 6.20 Å². The molecule has 1 aromatic carbocycles.